The van der Waals surface area contributed by atoms with Crippen LogP contribution in [0.4, 0.5) is 5.69 Å². The number of hydrogen-bond acceptors (Lipinski definition) is 8. The van der Waals surface area contributed by atoms with Crippen LogP contribution >= 0.6 is 0 Å². The largest absolute Gasteiger partial charge is 0.493 e. The molecule has 9 heteroatoms. The predicted octanol–water partition coefficient (Wildman–Crippen LogP) is 4.01. The summed E-state index contributed by atoms with van der Waals surface area (Å²) in [5.41, 5.74) is 2.96. The Bertz CT molecular complexity index is 1230. The number of aromatic nitrogens is 1. The van der Waals surface area contributed by atoms with Gasteiger partial charge in [0.15, 0.2) is 23.0 Å². The zero-order chi connectivity index (χ0) is 24.2. The van der Waals surface area contributed by atoms with Crippen LogP contribution in [0.3, 0.4) is 0 Å². The van der Waals surface area contributed by atoms with Crippen molar-refractivity contribution in [1.29, 1.82) is 0 Å². The predicted molar refractivity (Wildman–Crippen MR) is 129 cm³/mol. The van der Waals surface area contributed by atoms with Crippen LogP contribution in [0.15, 0.2) is 48.7 Å². The minimum Gasteiger partial charge on any atom is -0.493 e. The molecule has 35 heavy (non-hydrogen) atoms. The number of fused-ring (bicyclic) bond motifs is 2. The van der Waals surface area contributed by atoms with Crippen molar-refractivity contribution in [3.63, 3.8) is 0 Å². The molecule has 0 aliphatic carbocycles. The van der Waals surface area contributed by atoms with Crippen molar-refractivity contribution in [1.82, 2.24) is 9.88 Å². The lowest BCUT2D eigenvalue weighted by atomic mass is 9.98. The van der Waals surface area contributed by atoms with Gasteiger partial charge in [-0.3, -0.25) is 9.69 Å². The number of hydrogen-bond donors (Lipinski definition) is 1. The molecular formula is C26H27N3O6. The minimum absolute atomic E-state index is 0.105. The monoisotopic (exact) mass is 477 g/mol. The third kappa shape index (κ3) is 5.09. The fourth-order valence-electron chi connectivity index (χ4n) is 4.22. The third-order valence-electron chi connectivity index (χ3n) is 6.06. The first-order valence-corrected chi connectivity index (χ1v) is 11.4. The molecule has 3 aromatic rings. The van der Waals surface area contributed by atoms with Gasteiger partial charge < -0.3 is 29.0 Å². The standard InChI is InChI=1S/C26H27N3O6/c1-31-22-12-17-7-10-29(15-18(17)13-23(22)32-2)11-8-25(30)28-20-4-3-9-27-26(20)35-19-5-6-21-24(14-19)34-16-33-21/h3-6,9,12-14H,7-8,10-11,15-16H2,1-2H3,(H,28,30). The van der Waals surface area contributed by atoms with Gasteiger partial charge in [0.2, 0.25) is 18.6 Å². The van der Waals surface area contributed by atoms with Crippen molar-refractivity contribution in [3.05, 3.63) is 59.8 Å². The van der Waals surface area contributed by atoms with Gasteiger partial charge in [0.05, 0.1) is 14.2 Å². The van der Waals surface area contributed by atoms with Crippen molar-refractivity contribution in [2.75, 3.05) is 39.4 Å². The van der Waals surface area contributed by atoms with Crippen LogP contribution in [0.5, 0.6) is 34.6 Å². The van der Waals surface area contributed by atoms with Gasteiger partial charge >= 0.3 is 0 Å². The number of pyridine rings is 1. The fourth-order valence-corrected chi connectivity index (χ4v) is 4.22. The van der Waals surface area contributed by atoms with E-state index in [1.807, 2.05) is 12.1 Å². The van der Waals surface area contributed by atoms with E-state index in [-0.39, 0.29) is 12.7 Å². The van der Waals surface area contributed by atoms with E-state index in [0.717, 1.165) is 31.0 Å². The highest BCUT2D eigenvalue weighted by Crippen LogP contribution is 2.37. The van der Waals surface area contributed by atoms with E-state index in [1.54, 1.807) is 50.7 Å². The first-order chi connectivity index (χ1) is 17.1. The van der Waals surface area contributed by atoms with E-state index in [0.29, 0.717) is 41.8 Å². The zero-order valence-electron chi connectivity index (χ0n) is 19.7. The number of nitrogens with one attached hydrogen (secondary N) is 1. The molecular weight excluding hydrogens is 450 g/mol. The van der Waals surface area contributed by atoms with E-state index in [1.165, 1.54) is 11.1 Å². The van der Waals surface area contributed by atoms with E-state index in [2.05, 4.69) is 15.2 Å². The van der Waals surface area contributed by atoms with Crippen LogP contribution in [-0.4, -0.2) is 49.9 Å². The number of carbonyl (C=O) groups excluding carboxylic acids is 1. The topological polar surface area (TPSA) is 91.4 Å². The molecule has 1 amide bonds. The van der Waals surface area contributed by atoms with Gasteiger partial charge in [0.1, 0.15) is 11.4 Å². The van der Waals surface area contributed by atoms with E-state index < -0.39 is 0 Å². The zero-order valence-corrected chi connectivity index (χ0v) is 19.7. The van der Waals surface area contributed by atoms with Crippen LogP contribution in [0.25, 0.3) is 0 Å². The number of ether oxygens (including phenoxy) is 5. The molecule has 182 valence electrons. The normalized spacial score (nSPS) is 14.2. The Kier molecular flexibility index (Phi) is 6.58. The lowest BCUT2D eigenvalue weighted by Gasteiger charge is -2.29. The average Bonchev–Trinajstić information content (AvgIpc) is 3.35. The van der Waals surface area contributed by atoms with Crippen LogP contribution < -0.4 is 29.0 Å². The van der Waals surface area contributed by atoms with Gasteiger partial charge in [0.25, 0.3) is 0 Å². The van der Waals surface area contributed by atoms with E-state index >= 15 is 0 Å². The van der Waals surface area contributed by atoms with Crippen molar-refractivity contribution in [3.8, 4) is 34.6 Å². The van der Waals surface area contributed by atoms with Crippen molar-refractivity contribution in [2.24, 2.45) is 0 Å². The van der Waals surface area contributed by atoms with Gasteiger partial charge in [-0.2, -0.15) is 0 Å². The lowest BCUT2D eigenvalue weighted by molar-refractivity contribution is -0.116. The lowest BCUT2D eigenvalue weighted by Crippen LogP contribution is -2.33. The second kappa shape index (κ2) is 10.1. The van der Waals surface area contributed by atoms with Gasteiger partial charge in [-0.15, -0.1) is 0 Å². The SMILES string of the molecule is COc1cc2c(cc1OC)CN(CCC(=O)Nc1cccnc1Oc1ccc3c(c1)OCO3)CC2. The highest BCUT2D eigenvalue weighted by Gasteiger charge is 2.21. The number of carbonyl (C=O) groups is 1. The molecule has 0 bridgehead atoms. The second-order valence-corrected chi connectivity index (χ2v) is 8.27. The molecule has 1 N–H and O–H groups in total. The molecule has 0 fully saturated rings. The van der Waals surface area contributed by atoms with Gasteiger partial charge in [-0.05, 0) is 53.9 Å². The van der Waals surface area contributed by atoms with Gasteiger partial charge in [0, 0.05) is 38.3 Å². The third-order valence-corrected chi connectivity index (χ3v) is 6.06. The Morgan fingerprint density at radius 3 is 2.69 bits per heavy atom. The van der Waals surface area contributed by atoms with E-state index in [9.17, 15) is 4.79 Å². The van der Waals surface area contributed by atoms with Crippen LogP contribution in [0.2, 0.25) is 0 Å². The van der Waals surface area contributed by atoms with E-state index in [4.69, 9.17) is 23.7 Å². The summed E-state index contributed by atoms with van der Waals surface area (Å²) < 4.78 is 27.5. The summed E-state index contributed by atoms with van der Waals surface area (Å²) in [5, 5.41) is 2.93. The summed E-state index contributed by atoms with van der Waals surface area (Å²) in [7, 11) is 3.28. The van der Waals surface area contributed by atoms with Crippen molar-refractivity contribution < 1.29 is 28.5 Å². The molecule has 1 aromatic heterocycles. The van der Waals surface area contributed by atoms with Gasteiger partial charge in [-0.1, -0.05) is 0 Å². The number of anilines is 1. The Morgan fingerprint density at radius 1 is 1.06 bits per heavy atom. The maximum Gasteiger partial charge on any atom is 0.243 e. The number of nitrogens with zero attached hydrogens (tertiary/aromatic N) is 2. The summed E-state index contributed by atoms with van der Waals surface area (Å²) in [6.45, 7) is 2.46. The summed E-state index contributed by atoms with van der Waals surface area (Å²) in [6.07, 6.45) is 2.86. The molecule has 0 atom stereocenters. The number of benzene rings is 2. The van der Waals surface area contributed by atoms with Crippen molar-refractivity contribution in [2.45, 2.75) is 19.4 Å². The molecule has 5 rings (SSSR count). The highest BCUT2D eigenvalue weighted by atomic mass is 16.7. The molecule has 0 saturated carbocycles. The first kappa shape index (κ1) is 22.8. The first-order valence-electron chi connectivity index (χ1n) is 11.4. The van der Waals surface area contributed by atoms with Crippen molar-refractivity contribution >= 4 is 11.6 Å². The molecule has 2 aliphatic rings. The molecule has 0 saturated heterocycles. The summed E-state index contributed by atoms with van der Waals surface area (Å²) in [5.74, 6) is 3.50. The molecule has 2 aliphatic heterocycles. The smallest absolute Gasteiger partial charge is 0.243 e. The summed E-state index contributed by atoms with van der Waals surface area (Å²) >= 11 is 0. The summed E-state index contributed by atoms with van der Waals surface area (Å²) in [6, 6.07) is 12.9. The number of amides is 1. The Hall–Kier alpha value is -3.98. The van der Waals surface area contributed by atoms with Crippen LogP contribution in [-0.2, 0) is 17.8 Å². The molecule has 0 unspecified atom stereocenters. The maximum atomic E-state index is 12.7. The fraction of sp³-hybridized carbons (Fsp3) is 0.308. The maximum absolute atomic E-state index is 12.7. The summed E-state index contributed by atoms with van der Waals surface area (Å²) in [4.78, 5) is 19.3. The molecule has 0 radical (unpaired) electrons. The molecule has 9 nitrogen and oxygen atoms in total. The molecule has 2 aromatic carbocycles. The Morgan fingerprint density at radius 2 is 1.86 bits per heavy atom. The number of rotatable bonds is 8. The highest BCUT2D eigenvalue weighted by molar-refractivity contribution is 5.92. The average molecular weight is 478 g/mol. The minimum atomic E-state index is -0.105. The molecule has 0 spiro atoms. The number of methoxy groups -OCH3 is 2. The quantitative estimate of drug-likeness (QED) is 0.521. The van der Waals surface area contributed by atoms with Crippen LogP contribution in [0, 0.1) is 0 Å². The Labute approximate surface area is 203 Å². The second-order valence-electron chi connectivity index (χ2n) is 8.27. The Balaban J connectivity index is 1.19. The van der Waals surface area contributed by atoms with Gasteiger partial charge in [-0.25, -0.2) is 4.98 Å². The molecule has 3 heterocycles. The van der Waals surface area contributed by atoms with Crippen LogP contribution in [0.1, 0.15) is 17.5 Å².